The summed E-state index contributed by atoms with van der Waals surface area (Å²) in [5.74, 6) is 0. The van der Waals surface area contributed by atoms with Crippen LogP contribution in [0.25, 0.3) is 33.6 Å². The van der Waals surface area contributed by atoms with Crippen LogP contribution in [0.1, 0.15) is 0 Å². The fourth-order valence-electron chi connectivity index (χ4n) is 3.91. The van der Waals surface area contributed by atoms with Crippen LogP contribution in [-0.2, 0) is 0 Å². The lowest BCUT2D eigenvalue weighted by Gasteiger charge is -2.18. The van der Waals surface area contributed by atoms with E-state index in [0.717, 1.165) is 11.4 Å². The Bertz CT molecular complexity index is 1120. The van der Waals surface area contributed by atoms with Gasteiger partial charge in [-0.1, -0.05) is 129 Å². The molecule has 32 heavy (non-hydrogen) atoms. The predicted octanol–water partition coefficient (Wildman–Crippen LogP) is 7.17. The number of nitrogens with zero attached hydrogens (tertiary/aromatic N) is 1. The second kappa shape index (κ2) is 8.64. The fraction of sp³-hybridized carbons (Fsp3) is 0.207. The standard InChI is InChI=1S/C29H33NSi2/c1-31(2,3)26-16-12-23(13-17-26)28-20-25(22-10-8-7-9-11-22)21-29(30-28)24-14-18-27(19-15-24)32(4,5)6/h7-21H,1-6H3. The van der Waals surface area contributed by atoms with E-state index in [2.05, 4.69) is 130 Å². The van der Waals surface area contributed by atoms with Crippen molar-refractivity contribution in [3.05, 3.63) is 91.0 Å². The minimum Gasteiger partial charge on any atom is -0.248 e. The maximum atomic E-state index is 5.11. The van der Waals surface area contributed by atoms with Gasteiger partial charge in [-0.05, 0) is 23.3 Å². The van der Waals surface area contributed by atoms with Gasteiger partial charge in [0.2, 0.25) is 0 Å². The second-order valence-corrected chi connectivity index (χ2v) is 20.8. The topological polar surface area (TPSA) is 12.9 Å². The Labute approximate surface area is 195 Å². The summed E-state index contributed by atoms with van der Waals surface area (Å²) in [5.41, 5.74) is 6.81. The third-order valence-corrected chi connectivity index (χ3v) is 10.2. The molecule has 0 atom stereocenters. The van der Waals surface area contributed by atoms with E-state index < -0.39 is 16.1 Å². The average Bonchev–Trinajstić information content (AvgIpc) is 2.78. The monoisotopic (exact) mass is 451 g/mol. The van der Waals surface area contributed by atoms with E-state index in [-0.39, 0.29) is 0 Å². The molecule has 0 saturated heterocycles. The second-order valence-electron chi connectivity index (χ2n) is 10.6. The van der Waals surface area contributed by atoms with Crippen LogP contribution in [0.4, 0.5) is 0 Å². The molecule has 1 aromatic heterocycles. The summed E-state index contributed by atoms with van der Waals surface area (Å²) in [4.78, 5) is 5.11. The van der Waals surface area contributed by atoms with Crippen molar-refractivity contribution in [1.29, 1.82) is 0 Å². The minimum absolute atomic E-state index is 1.03. The summed E-state index contributed by atoms with van der Waals surface area (Å²) in [6, 6.07) is 33.2. The predicted molar refractivity (Wildman–Crippen MR) is 147 cm³/mol. The molecule has 0 aliphatic heterocycles. The van der Waals surface area contributed by atoms with Crippen molar-refractivity contribution in [3.8, 4) is 33.6 Å². The quantitative estimate of drug-likeness (QED) is 0.293. The van der Waals surface area contributed by atoms with Gasteiger partial charge in [0.1, 0.15) is 0 Å². The highest BCUT2D eigenvalue weighted by molar-refractivity contribution is 6.89. The Balaban J connectivity index is 1.82. The van der Waals surface area contributed by atoms with Crippen LogP contribution in [0.2, 0.25) is 39.3 Å². The smallest absolute Gasteiger partial charge is 0.0775 e. The van der Waals surface area contributed by atoms with E-state index in [4.69, 9.17) is 4.98 Å². The molecular weight excluding hydrogens is 418 g/mol. The van der Waals surface area contributed by atoms with Crippen LogP contribution >= 0.6 is 0 Å². The summed E-state index contributed by atoms with van der Waals surface area (Å²) >= 11 is 0. The Morgan fingerprint density at radius 1 is 0.438 bits per heavy atom. The molecule has 0 radical (unpaired) electrons. The van der Waals surface area contributed by atoms with Crippen LogP contribution in [-0.4, -0.2) is 21.1 Å². The molecule has 0 bridgehead atoms. The fourth-order valence-corrected chi connectivity index (χ4v) is 6.24. The molecule has 0 saturated carbocycles. The Kier molecular flexibility index (Phi) is 6.06. The highest BCUT2D eigenvalue weighted by Crippen LogP contribution is 2.30. The maximum absolute atomic E-state index is 5.11. The number of pyridine rings is 1. The summed E-state index contributed by atoms with van der Waals surface area (Å²) in [5, 5.41) is 2.95. The van der Waals surface area contributed by atoms with E-state index in [9.17, 15) is 0 Å². The Hall–Kier alpha value is -2.76. The number of benzene rings is 3. The van der Waals surface area contributed by atoms with Gasteiger partial charge in [0.15, 0.2) is 0 Å². The molecular formula is C29H33NSi2. The van der Waals surface area contributed by atoms with Crippen LogP contribution in [0.15, 0.2) is 91.0 Å². The van der Waals surface area contributed by atoms with E-state index in [1.54, 1.807) is 0 Å². The SMILES string of the molecule is C[Si](C)(C)c1ccc(-c2cc(-c3ccccc3)cc(-c3ccc([Si](C)(C)C)cc3)n2)cc1. The lowest BCUT2D eigenvalue weighted by molar-refractivity contribution is 1.32. The van der Waals surface area contributed by atoms with Gasteiger partial charge in [-0.3, -0.25) is 0 Å². The van der Waals surface area contributed by atoms with Crippen molar-refractivity contribution >= 4 is 26.5 Å². The number of hydrogen-bond donors (Lipinski definition) is 0. The van der Waals surface area contributed by atoms with Gasteiger partial charge in [-0.25, -0.2) is 4.98 Å². The molecule has 0 aliphatic carbocycles. The average molecular weight is 452 g/mol. The highest BCUT2D eigenvalue weighted by Gasteiger charge is 2.18. The first-order valence-corrected chi connectivity index (χ1v) is 18.4. The van der Waals surface area contributed by atoms with Gasteiger partial charge >= 0.3 is 0 Å². The molecule has 0 spiro atoms. The molecule has 0 unspecified atom stereocenters. The van der Waals surface area contributed by atoms with Crippen LogP contribution in [0.3, 0.4) is 0 Å². The zero-order valence-electron chi connectivity index (χ0n) is 20.1. The molecule has 0 N–H and O–H groups in total. The van der Waals surface area contributed by atoms with Crippen molar-refractivity contribution in [2.45, 2.75) is 39.3 Å². The molecule has 0 fully saturated rings. The molecule has 0 amide bonds. The first-order valence-electron chi connectivity index (χ1n) is 11.4. The molecule has 4 rings (SSSR count). The van der Waals surface area contributed by atoms with Crippen molar-refractivity contribution in [2.75, 3.05) is 0 Å². The van der Waals surface area contributed by atoms with Crippen molar-refractivity contribution in [2.24, 2.45) is 0 Å². The third kappa shape index (κ3) is 5.00. The first kappa shape index (κ1) is 22.4. The summed E-state index contributed by atoms with van der Waals surface area (Å²) in [7, 11) is -2.64. The van der Waals surface area contributed by atoms with Gasteiger partial charge in [0, 0.05) is 11.1 Å². The maximum Gasteiger partial charge on any atom is 0.0775 e. The molecule has 1 heterocycles. The van der Waals surface area contributed by atoms with Gasteiger partial charge in [-0.2, -0.15) is 0 Å². The Morgan fingerprint density at radius 3 is 1.22 bits per heavy atom. The van der Waals surface area contributed by atoms with E-state index in [1.165, 1.54) is 32.6 Å². The third-order valence-electron chi connectivity index (χ3n) is 6.03. The van der Waals surface area contributed by atoms with Crippen LogP contribution in [0, 0.1) is 0 Å². The van der Waals surface area contributed by atoms with Gasteiger partial charge in [0.25, 0.3) is 0 Å². The summed E-state index contributed by atoms with van der Waals surface area (Å²) < 4.78 is 0. The van der Waals surface area contributed by atoms with Crippen molar-refractivity contribution in [1.82, 2.24) is 4.98 Å². The largest absolute Gasteiger partial charge is 0.248 e. The zero-order valence-corrected chi connectivity index (χ0v) is 22.1. The van der Waals surface area contributed by atoms with Crippen molar-refractivity contribution in [3.63, 3.8) is 0 Å². The Morgan fingerprint density at radius 2 is 0.844 bits per heavy atom. The van der Waals surface area contributed by atoms with Gasteiger partial charge in [0.05, 0.1) is 27.5 Å². The summed E-state index contributed by atoms with van der Waals surface area (Å²) in [6.45, 7) is 14.3. The molecule has 1 nitrogen and oxygen atoms in total. The lowest BCUT2D eigenvalue weighted by Crippen LogP contribution is -2.37. The van der Waals surface area contributed by atoms with E-state index >= 15 is 0 Å². The highest BCUT2D eigenvalue weighted by atomic mass is 28.3. The first-order chi connectivity index (χ1) is 15.1. The lowest BCUT2D eigenvalue weighted by atomic mass is 10.00. The molecule has 3 heteroatoms. The minimum atomic E-state index is -1.32. The summed E-state index contributed by atoms with van der Waals surface area (Å²) in [6.07, 6.45) is 0. The van der Waals surface area contributed by atoms with Gasteiger partial charge < -0.3 is 0 Å². The molecule has 162 valence electrons. The molecule has 0 aliphatic rings. The van der Waals surface area contributed by atoms with E-state index in [0.29, 0.717) is 0 Å². The van der Waals surface area contributed by atoms with Crippen LogP contribution < -0.4 is 10.4 Å². The normalized spacial score (nSPS) is 12.1. The van der Waals surface area contributed by atoms with Crippen molar-refractivity contribution < 1.29 is 0 Å². The van der Waals surface area contributed by atoms with E-state index in [1.807, 2.05) is 0 Å². The molecule has 4 aromatic rings. The zero-order chi connectivity index (χ0) is 22.9. The number of hydrogen-bond acceptors (Lipinski definition) is 1. The molecule has 3 aromatic carbocycles. The number of aromatic nitrogens is 1. The van der Waals surface area contributed by atoms with Gasteiger partial charge in [-0.15, -0.1) is 0 Å². The number of rotatable bonds is 5. The van der Waals surface area contributed by atoms with Crippen LogP contribution in [0.5, 0.6) is 0 Å².